The van der Waals surface area contributed by atoms with E-state index in [-0.39, 0.29) is 0 Å². The van der Waals surface area contributed by atoms with E-state index in [2.05, 4.69) is 11.4 Å². The molecule has 0 aliphatic carbocycles. The molecule has 4 heteroatoms. The third-order valence-electron chi connectivity index (χ3n) is 2.52. The Morgan fingerprint density at radius 1 is 1.11 bits per heavy atom. The van der Waals surface area contributed by atoms with Gasteiger partial charge in [-0.2, -0.15) is 0 Å². The lowest BCUT2D eigenvalue weighted by Crippen LogP contribution is -2.19. The summed E-state index contributed by atoms with van der Waals surface area (Å²) in [5.74, 6) is 0.894. The first kappa shape index (κ1) is 15.0. The van der Waals surface area contributed by atoms with Crippen LogP contribution in [-0.2, 0) is 16.0 Å². The summed E-state index contributed by atoms with van der Waals surface area (Å²) < 4.78 is 15.6. The quantitative estimate of drug-likeness (QED) is 0.646. The lowest BCUT2D eigenvalue weighted by Gasteiger charge is -2.07. The molecule has 0 atom stereocenters. The Morgan fingerprint density at radius 3 is 2.78 bits per heavy atom. The zero-order valence-electron chi connectivity index (χ0n) is 11.3. The van der Waals surface area contributed by atoms with Crippen LogP contribution in [0.5, 0.6) is 5.75 Å². The summed E-state index contributed by atoms with van der Waals surface area (Å²) in [7, 11) is 3.39. The topological polar surface area (TPSA) is 39.7 Å². The van der Waals surface area contributed by atoms with Gasteiger partial charge in [-0.15, -0.1) is 0 Å². The Morgan fingerprint density at radius 2 is 2.00 bits per heavy atom. The average Bonchev–Trinajstić information content (AvgIpc) is 2.42. The van der Waals surface area contributed by atoms with Crippen molar-refractivity contribution in [2.24, 2.45) is 0 Å². The largest absolute Gasteiger partial charge is 0.497 e. The van der Waals surface area contributed by atoms with Gasteiger partial charge in [0.2, 0.25) is 0 Å². The summed E-state index contributed by atoms with van der Waals surface area (Å²) in [5.41, 5.74) is 1.22. The van der Waals surface area contributed by atoms with Crippen LogP contribution in [0, 0.1) is 0 Å². The summed E-state index contributed by atoms with van der Waals surface area (Å²) in [5, 5.41) is 3.33. The third kappa shape index (κ3) is 6.59. The molecule has 0 heterocycles. The van der Waals surface area contributed by atoms with Crippen molar-refractivity contribution in [2.45, 2.75) is 13.0 Å². The van der Waals surface area contributed by atoms with Crippen molar-refractivity contribution in [3.05, 3.63) is 29.8 Å². The van der Waals surface area contributed by atoms with Gasteiger partial charge in [-0.05, 0) is 24.1 Å². The molecule has 1 aromatic rings. The minimum absolute atomic E-state index is 0.730. The highest BCUT2D eigenvalue weighted by Crippen LogP contribution is 2.11. The highest BCUT2D eigenvalue weighted by molar-refractivity contribution is 5.28. The molecule has 4 nitrogen and oxygen atoms in total. The van der Waals surface area contributed by atoms with Gasteiger partial charge in [-0.25, -0.2) is 0 Å². The maximum Gasteiger partial charge on any atom is 0.119 e. The molecule has 0 fully saturated rings. The minimum atomic E-state index is 0.730. The van der Waals surface area contributed by atoms with Crippen LogP contribution in [0.1, 0.15) is 12.0 Å². The Hall–Kier alpha value is -1.10. The fourth-order valence-corrected chi connectivity index (χ4v) is 1.57. The van der Waals surface area contributed by atoms with E-state index in [9.17, 15) is 0 Å². The molecule has 1 rings (SSSR count). The molecule has 0 aliphatic rings. The zero-order valence-corrected chi connectivity index (χ0v) is 11.3. The minimum Gasteiger partial charge on any atom is -0.497 e. The molecule has 0 saturated heterocycles. The van der Waals surface area contributed by atoms with Gasteiger partial charge in [0.05, 0.1) is 13.7 Å². The van der Waals surface area contributed by atoms with Gasteiger partial charge in [0.1, 0.15) is 5.75 Å². The van der Waals surface area contributed by atoms with Gasteiger partial charge in [0.15, 0.2) is 0 Å². The van der Waals surface area contributed by atoms with Crippen LogP contribution in [0.15, 0.2) is 24.3 Å². The molecular weight excluding hydrogens is 230 g/mol. The first-order valence-corrected chi connectivity index (χ1v) is 6.27. The van der Waals surface area contributed by atoms with Crippen LogP contribution in [-0.4, -0.2) is 40.6 Å². The van der Waals surface area contributed by atoms with Crippen LogP contribution in [0.2, 0.25) is 0 Å². The standard InChI is InChI=1S/C14H23NO3/c1-16-8-4-9-18-10-7-15-12-13-5-3-6-14(11-13)17-2/h3,5-6,11,15H,4,7-10,12H2,1-2H3. The molecule has 102 valence electrons. The highest BCUT2D eigenvalue weighted by atomic mass is 16.5. The predicted octanol–water partition coefficient (Wildman–Crippen LogP) is 1.84. The van der Waals surface area contributed by atoms with E-state index in [1.54, 1.807) is 14.2 Å². The van der Waals surface area contributed by atoms with Crippen molar-refractivity contribution in [1.82, 2.24) is 5.32 Å². The zero-order chi connectivity index (χ0) is 13.1. The third-order valence-corrected chi connectivity index (χ3v) is 2.52. The van der Waals surface area contributed by atoms with E-state index in [1.807, 2.05) is 18.2 Å². The SMILES string of the molecule is COCCCOCCNCc1cccc(OC)c1. The molecule has 0 saturated carbocycles. The van der Waals surface area contributed by atoms with Crippen LogP contribution in [0.25, 0.3) is 0 Å². The van der Waals surface area contributed by atoms with E-state index >= 15 is 0 Å². The van der Waals surface area contributed by atoms with Gasteiger partial charge in [0, 0.05) is 33.4 Å². The number of rotatable bonds is 10. The number of nitrogens with one attached hydrogen (secondary N) is 1. The van der Waals surface area contributed by atoms with Crippen molar-refractivity contribution in [3.8, 4) is 5.75 Å². The Labute approximate surface area is 109 Å². The highest BCUT2D eigenvalue weighted by Gasteiger charge is 1.95. The van der Waals surface area contributed by atoms with E-state index in [4.69, 9.17) is 14.2 Å². The second-order valence-electron chi connectivity index (χ2n) is 3.99. The smallest absolute Gasteiger partial charge is 0.119 e. The van der Waals surface area contributed by atoms with Crippen molar-refractivity contribution >= 4 is 0 Å². The van der Waals surface area contributed by atoms with Crippen LogP contribution in [0.3, 0.4) is 0 Å². The van der Waals surface area contributed by atoms with Gasteiger partial charge in [-0.3, -0.25) is 0 Å². The number of benzene rings is 1. The number of ether oxygens (including phenoxy) is 3. The number of hydrogen-bond donors (Lipinski definition) is 1. The molecule has 0 bridgehead atoms. The van der Waals surface area contributed by atoms with Crippen LogP contribution < -0.4 is 10.1 Å². The normalized spacial score (nSPS) is 10.6. The molecule has 18 heavy (non-hydrogen) atoms. The van der Waals surface area contributed by atoms with Gasteiger partial charge in [0.25, 0.3) is 0 Å². The van der Waals surface area contributed by atoms with E-state index in [0.717, 1.165) is 45.1 Å². The first-order chi connectivity index (χ1) is 8.86. The molecule has 0 unspecified atom stereocenters. The summed E-state index contributed by atoms with van der Waals surface area (Å²) in [6, 6.07) is 8.06. The molecule has 0 radical (unpaired) electrons. The molecule has 0 aliphatic heterocycles. The van der Waals surface area contributed by atoms with Crippen LogP contribution >= 0.6 is 0 Å². The lowest BCUT2D eigenvalue weighted by molar-refractivity contribution is 0.104. The van der Waals surface area contributed by atoms with E-state index in [0.29, 0.717) is 0 Å². The fourth-order valence-electron chi connectivity index (χ4n) is 1.57. The maximum absolute atomic E-state index is 5.45. The lowest BCUT2D eigenvalue weighted by atomic mass is 10.2. The molecule has 0 spiro atoms. The maximum atomic E-state index is 5.45. The van der Waals surface area contributed by atoms with E-state index < -0.39 is 0 Å². The number of methoxy groups -OCH3 is 2. The van der Waals surface area contributed by atoms with Crippen LogP contribution in [0.4, 0.5) is 0 Å². The van der Waals surface area contributed by atoms with E-state index in [1.165, 1.54) is 5.56 Å². The summed E-state index contributed by atoms with van der Waals surface area (Å²) in [6.07, 6.45) is 0.951. The van der Waals surface area contributed by atoms with Crippen molar-refractivity contribution in [2.75, 3.05) is 40.6 Å². The molecule has 1 N–H and O–H groups in total. The fraction of sp³-hybridized carbons (Fsp3) is 0.571. The molecule has 0 amide bonds. The second-order valence-corrected chi connectivity index (χ2v) is 3.99. The molecule has 1 aromatic carbocycles. The predicted molar refractivity (Wildman–Crippen MR) is 72.0 cm³/mol. The average molecular weight is 253 g/mol. The summed E-state index contributed by atoms with van der Waals surface area (Å²) in [6.45, 7) is 3.93. The Kier molecular flexibility index (Phi) is 8.21. The van der Waals surface area contributed by atoms with Crippen molar-refractivity contribution in [3.63, 3.8) is 0 Å². The first-order valence-electron chi connectivity index (χ1n) is 6.27. The Balaban J connectivity index is 2.03. The van der Waals surface area contributed by atoms with Gasteiger partial charge < -0.3 is 19.5 Å². The Bertz CT molecular complexity index is 318. The second kappa shape index (κ2) is 9.88. The summed E-state index contributed by atoms with van der Waals surface area (Å²) >= 11 is 0. The number of hydrogen-bond acceptors (Lipinski definition) is 4. The summed E-state index contributed by atoms with van der Waals surface area (Å²) in [4.78, 5) is 0. The molecular formula is C14H23NO3. The van der Waals surface area contributed by atoms with Crippen molar-refractivity contribution < 1.29 is 14.2 Å². The van der Waals surface area contributed by atoms with Gasteiger partial charge in [-0.1, -0.05) is 12.1 Å². The van der Waals surface area contributed by atoms with Crippen molar-refractivity contribution in [1.29, 1.82) is 0 Å². The van der Waals surface area contributed by atoms with Gasteiger partial charge >= 0.3 is 0 Å². The molecule has 0 aromatic heterocycles. The monoisotopic (exact) mass is 253 g/mol.